The van der Waals surface area contributed by atoms with Crippen LogP contribution < -0.4 is 5.56 Å². The molecule has 1 aliphatic carbocycles. The maximum Gasteiger partial charge on any atom is 0.256 e. The van der Waals surface area contributed by atoms with Gasteiger partial charge in [0.25, 0.3) is 5.56 Å². The zero-order valence-electron chi connectivity index (χ0n) is 18.0. The fourth-order valence-corrected chi connectivity index (χ4v) is 5.51. The fourth-order valence-electron chi connectivity index (χ4n) is 5.51. The molecule has 4 heteroatoms. The van der Waals surface area contributed by atoms with Crippen LogP contribution in [0, 0.1) is 0 Å². The number of aromatic nitrogens is 1. The molecule has 0 unspecified atom stereocenters. The van der Waals surface area contributed by atoms with Crippen LogP contribution in [-0.2, 0) is 18.6 Å². The van der Waals surface area contributed by atoms with Crippen molar-refractivity contribution < 1.29 is 5.11 Å². The van der Waals surface area contributed by atoms with E-state index in [1.807, 2.05) is 48.5 Å². The highest BCUT2D eigenvalue weighted by Crippen LogP contribution is 2.40. The Balaban J connectivity index is 1.27. The Morgan fingerprint density at radius 1 is 0.844 bits per heavy atom. The van der Waals surface area contributed by atoms with E-state index in [1.165, 1.54) is 16.7 Å². The van der Waals surface area contributed by atoms with Crippen LogP contribution in [0.3, 0.4) is 0 Å². The van der Waals surface area contributed by atoms with Crippen LogP contribution in [0.5, 0.6) is 0 Å². The third-order valence-corrected chi connectivity index (χ3v) is 7.32. The number of rotatable bonds is 3. The van der Waals surface area contributed by atoms with Gasteiger partial charge >= 0.3 is 0 Å². The number of H-pyrrole nitrogens is 1. The first-order valence-corrected chi connectivity index (χ1v) is 11.4. The molecule has 0 bridgehead atoms. The minimum absolute atomic E-state index is 0.0196. The molecule has 160 valence electrons. The molecule has 0 saturated carbocycles. The molecule has 2 heterocycles. The zero-order chi connectivity index (χ0) is 21.7. The summed E-state index contributed by atoms with van der Waals surface area (Å²) >= 11 is 0. The van der Waals surface area contributed by atoms with E-state index in [4.69, 9.17) is 0 Å². The smallest absolute Gasteiger partial charge is 0.256 e. The number of hydrogen-bond acceptors (Lipinski definition) is 3. The first-order chi connectivity index (χ1) is 15.6. The summed E-state index contributed by atoms with van der Waals surface area (Å²) < 4.78 is 0. The largest absolute Gasteiger partial charge is 0.385 e. The summed E-state index contributed by atoms with van der Waals surface area (Å²) in [5.41, 5.74) is 6.25. The van der Waals surface area contributed by atoms with E-state index in [0.29, 0.717) is 0 Å². The van der Waals surface area contributed by atoms with E-state index in [9.17, 15) is 9.90 Å². The molecule has 0 atom stereocenters. The topological polar surface area (TPSA) is 56.3 Å². The molecule has 1 aliphatic heterocycles. The molecule has 3 aromatic carbocycles. The first kappa shape index (κ1) is 19.5. The van der Waals surface area contributed by atoms with Crippen molar-refractivity contribution in [1.82, 2.24) is 9.88 Å². The van der Waals surface area contributed by atoms with Crippen LogP contribution >= 0.6 is 0 Å². The van der Waals surface area contributed by atoms with Crippen LogP contribution in [0.1, 0.15) is 35.1 Å². The van der Waals surface area contributed by atoms with Crippen molar-refractivity contribution in [3.8, 4) is 11.3 Å². The summed E-state index contributed by atoms with van der Waals surface area (Å²) in [6.07, 6.45) is 2.33. The molecule has 2 aliphatic rings. The highest BCUT2D eigenvalue weighted by molar-refractivity contribution is 5.93. The normalized spacial score (nSPS) is 17.3. The number of aliphatic hydroxyl groups is 1. The summed E-state index contributed by atoms with van der Waals surface area (Å²) in [6.45, 7) is 2.59. The lowest BCUT2D eigenvalue weighted by molar-refractivity contribution is -0.0277. The average Bonchev–Trinajstić information content (AvgIpc) is 3.21. The summed E-state index contributed by atoms with van der Waals surface area (Å²) in [6, 6.07) is 24.4. The van der Waals surface area contributed by atoms with E-state index in [2.05, 4.69) is 34.1 Å². The second-order valence-corrected chi connectivity index (χ2v) is 9.15. The van der Waals surface area contributed by atoms with E-state index in [1.54, 1.807) is 0 Å². The molecule has 32 heavy (non-hydrogen) atoms. The summed E-state index contributed by atoms with van der Waals surface area (Å²) in [5, 5.41) is 13.0. The van der Waals surface area contributed by atoms with Crippen LogP contribution in [0.15, 0.2) is 77.6 Å². The molecule has 6 rings (SSSR count). The number of nitrogens with one attached hydrogen (secondary N) is 1. The standard InChI is InChI=1S/C28H26N2O2/c31-27-23-11-5-4-10-21(23)25-17-24-19(7-6-12-22(24)26(25)29-27)18-30-15-13-28(32,14-16-30)20-8-2-1-3-9-20/h1-12,32H,13-18H2,(H,29,31). The second-order valence-electron chi connectivity index (χ2n) is 9.15. The van der Waals surface area contributed by atoms with Crippen LogP contribution in [-0.4, -0.2) is 28.1 Å². The first-order valence-electron chi connectivity index (χ1n) is 11.4. The number of nitrogens with zero attached hydrogens (tertiary/aromatic N) is 1. The maximum absolute atomic E-state index is 12.6. The highest BCUT2D eigenvalue weighted by atomic mass is 16.3. The van der Waals surface area contributed by atoms with Gasteiger partial charge in [0.15, 0.2) is 0 Å². The van der Waals surface area contributed by atoms with Crippen molar-refractivity contribution in [1.29, 1.82) is 0 Å². The molecule has 4 nitrogen and oxygen atoms in total. The minimum atomic E-state index is -0.731. The quantitative estimate of drug-likeness (QED) is 0.447. The van der Waals surface area contributed by atoms with Gasteiger partial charge in [0.1, 0.15) is 0 Å². The number of aromatic amines is 1. The SMILES string of the molecule is O=c1[nH]c2c(c3ccccc13)Cc1c(CN3CCC(O)(c4ccccc4)CC3)cccc1-2. The number of hydrogen-bond donors (Lipinski definition) is 2. The Bertz CT molecular complexity index is 1370. The zero-order valence-corrected chi connectivity index (χ0v) is 18.0. The Morgan fingerprint density at radius 3 is 2.34 bits per heavy atom. The molecule has 4 aromatic rings. The van der Waals surface area contributed by atoms with Gasteiger partial charge in [0.2, 0.25) is 0 Å². The van der Waals surface area contributed by atoms with Crippen LogP contribution in [0.2, 0.25) is 0 Å². The number of fused-ring (bicyclic) bond motifs is 5. The van der Waals surface area contributed by atoms with Crippen molar-refractivity contribution in [3.63, 3.8) is 0 Å². The predicted octanol–water partition coefficient (Wildman–Crippen LogP) is 4.58. The molecule has 1 saturated heterocycles. The summed E-state index contributed by atoms with van der Waals surface area (Å²) in [5.74, 6) is 0. The van der Waals surface area contributed by atoms with Gasteiger partial charge in [-0.15, -0.1) is 0 Å². The van der Waals surface area contributed by atoms with Crippen molar-refractivity contribution in [2.75, 3.05) is 13.1 Å². The second kappa shape index (κ2) is 7.44. The van der Waals surface area contributed by atoms with Gasteiger partial charge in [-0.25, -0.2) is 0 Å². The van der Waals surface area contributed by atoms with Gasteiger partial charge in [-0.2, -0.15) is 0 Å². The average molecular weight is 423 g/mol. The van der Waals surface area contributed by atoms with E-state index in [-0.39, 0.29) is 5.56 Å². The Kier molecular flexibility index (Phi) is 4.53. The Hall–Kier alpha value is -3.21. The van der Waals surface area contributed by atoms with Crippen molar-refractivity contribution in [2.45, 2.75) is 31.4 Å². The molecular formula is C28H26N2O2. The molecule has 0 radical (unpaired) electrons. The van der Waals surface area contributed by atoms with Gasteiger partial charge in [-0.05, 0) is 46.5 Å². The van der Waals surface area contributed by atoms with Crippen molar-refractivity contribution >= 4 is 10.8 Å². The highest BCUT2D eigenvalue weighted by Gasteiger charge is 2.34. The third kappa shape index (κ3) is 3.10. The Morgan fingerprint density at radius 2 is 1.56 bits per heavy atom. The molecule has 2 N–H and O–H groups in total. The van der Waals surface area contributed by atoms with Crippen molar-refractivity contribution in [3.05, 3.63) is 105 Å². The lowest BCUT2D eigenvalue weighted by Crippen LogP contribution is -2.42. The predicted molar refractivity (Wildman–Crippen MR) is 128 cm³/mol. The monoisotopic (exact) mass is 422 g/mol. The lowest BCUT2D eigenvalue weighted by Gasteiger charge is -2.38. The maximum atomic E-state index is 12.6. The molecule has 1 fully saturated rings. The van der Waals surface area contributed by atoms with Gasteiger partial charge in [-0.3, -0.25) is 9.69 Å². The number of pyridine rings is 1. The lowest BCUT2D eigenvalue weighted by atomic mass is 9.84. The number of likely N-dealkylation sites (tertiary alicyclic amines) is 1. The fraction of sp³-hybridized carbons (Fsp3) is 0.250. The van der Waals surface area contributed by atoms with Crippen molar-refractivity contribution in [2.24, 2.45) is 0 Å². The summed E-state index contributed by atoms with van der Waals surface area (Å²) in [4.78, 5) is 18.2. The van der Waals surface area contributed by atoms with Gasteiger partial charge in [0, 0.05) is 37.0 Å². The molecule has 0 spiro atoms. The third-order valence-electron chi connectivity index (χ3n) is 7.32. The molecular weight excluding hydrogens is 396 g/mol. The molecule has 0 amide bonds. The van der Waals surface area contributed by atoms with Crippen LogP contribution in [0.4, 0.5) is 0 Å². The van der Waals surface area contributed by atoms with E-state index in [0.717, 1.165) is 66.5 Å². The summed E-state index contributed by atoms with van der Waals surface area (Å²) in [7, 11) is 0. The van der Waals surface area contributed by atoms with Crippen LogP contribution in [0.25, 0.3) is 22.0 Å². The van der Waals surface area contributed by atoms with Gasteiger partial charge in [0.05, 0.1) is 11.3 Å². The van der Waals surface area contributed by atoms with E-state index < -0.39 is 5.60 Å². The Labute approximate surface area is 187 Å². The molecule has 1 aromatic heterocycles. The van der Waals surface area contributed by atoms with Gasteiger partial charge in [-0.1, -0.05) is 66.7 Å². The van der Waals surface area contributed by atoms with Gasteiger partial charge < -0.3 is 10.1 Å². The number of benzene rings is 3. The van der Waals surface area contributed by atoms with E-state index >= 15 is 0 Å². The number of piperidine rings is 1. The minimum Gasteiger partial charge on any atom is -0.385 e.